The number of anilines is 1. The standard InChI is InChI=1S/C21H23FN4O/c1-13-4-6-17-19(9-13)24-20(16-7-5-15(27)10-18(16)22)25-21(17)26-8-2-3-14(11-23)12-26/h4-7,9-10,14,27H,2-3,8,11-12,23H2,1H3/t14-/m0/s1. The highest BCUT2D eigenvalue weighted by Crippen LogP contribution is 2.32. The normalized spacial score (nSPS) is 17.4. The van der Waals surface area contributed by atoms with Crippen LogP contribution in [0.25, 0.3) is 22.3 Å². The Balaban J connectivity index is 1.88. The molecule has 2 heterocycles. The molecule has 2 aromatic carbocycles. The van der Waals surface area contributed by atoms with Gasteiger partial charge in [0.05, 0.1) is 11.1 Å². The van der Waals surface area contributed by atoms with Crippen LogP contribution >= 0.6 is 0 Å². The van der Waals surface area contributed by atoms with Gasteiger partial charge in [-0.15, -0.1) is 0 Å². The van der Waals surface area contributed by atoms with Crippen molar-refractivity contribution in [3.05, 3.63) is 47.8 Å². The Bertz CT molecular complexity index is 991. The Morgan fingerprint density at radius 3 is 2.85 bits per heavy atom. The molecule has 6 heteroatoms. The van der Waals surface area contributed by atoms with Crippen LogP contribution in [0.1, 0.15) is 18.4 Å². The predicted molar refractivity (Wildman–Crippen MR) is 105 cm³/mol. The number of hydrogen-bond donors (Lipinski definition) is 2. The molecule has 4 rings (SSSR count). The number of halogens is 1. The van der Waals surface area contributed by atoms with Gasteiger partial charge in [-0.05, 0) is 62.1 Å². The molecule has 1 saturated heterocycles. The highest BCUT2D eigenvalue weighted by molar-refractivity contribution is 5.91. The Hall–Kier alpha value is -2.73. The van der Waals surface area contributed by atoms with Crippen molar-refractivity contribution in [3.63, 3.8) is 0 Å². The number of aryl methyl sites for hydroxylation is 1. The second kappa shape index (κ2) is 7.12. The van der Waals surface area contributed by atoms with E-state index in [1.807, 2.05) is 25.1 Å². The van der Waals surface area contributed by atoms with Gasteiger partial charge in [-0.1, -0.05) is 6.07 Å². The molecule has 5 nitrogen and oxygen atoms in total. The molecule has 27 heavy (non-hydrogen) atoms. The van der Waals surface area contributed by atoms with E-state index in [4.69, 9.17) is 10.7 Å². The molecule has 0 amide bonds. The first-order chi connectivity index (χ1) is 13.0. The average Bonchev–Trinajstić information content (AvgIpc) is 2.67. The minimum Gasteiger partial charge on any atom is -0.508 e. The fourth-order valence-corrected chi connectivity index (χ4v) is 3.72. The van der Waals surface area contributed by atoms with Crippen LogP contribution in [0.5, 0.6) is 5.75 Å². The van der Waals surface area contributed by atoms with Gasteiger partial charge in [-0.3, -0.25) is 0 Å². The second-order valence-corrected chi connectivity index (χ2v) is 7.25. The third kappa shape index (κ3) is 3.45. The largest absolute Gasteiger partial charge is 0.508 e. The highest BCUT2D eigenvalue weighted by Gasteiger charge is 2.23. The minimum absolute atomic E-state index is 0.116. The molecule has 0 aliphatic carbocycles. The molecule has 3 aromatic rings. The van der Waals surface area contributed by atoms with Crippen LogP contribution in [0.4, 0.5) is 10.2 Å². The first-order valence-corrected chi connectivity index (χ1v) is 9.27. The third-order valence-corrected chi connectivity index (χ3v) is 5.18. The van der Waals surface area contributed by atoms with E-state index in [0.717, 1.165) is 54.3 Å². The van der Waals surface area contributed by atoms with Gasteiger partial charge in [0, 0.05) is 24.5 Å². The van der Waals surface area contributed by atoms with Crippen LogP contribution in [0.2, 0.25) is 0 Å². The number of hydrogen-bond acceptors (Lipinski definition) is 5. The van der Waals surface area contributed by atoms with Gasteiger partial charge in [0.2, 0.25) is 0 Å². The summed E-state index contributed by atoms with van der Waals surface area (Å²) in [6.45, 7) is 4.40. The van der Waals surface area contributed by atoms with Crippen molar-refractivity contribution in [2.24, 2.45) is 11.7 Å². The van der Waals surface area contributed by atoms with Gasteiger partial charge in [-0.25, -0.2) is 14.4 Å². The third-order valence-electron chi connectivity index (χ3n) is 5.18. The maximum atomic E-state index is 14.4. The van der Waals surface area contributed by atoms with E-state index >= 15 is 0 Å². The summed E-state index contributed by atoms with van der Waals surface area (Å²) in [5.41, 5.74) is 8.06. The van der Waals surface area contributed by atoms with Crippen molar-refractivity contribution in [1.29, 1.82) is 0 Å². The molecule has 0 spiro atoms. The van der Waals surface area contributed by atoms with E-state index in [-0.39, 0.29) is 11.3 Å². The van der Waals surface area contributed by atoms with Crippen molar-refractivity contribution >= 4 is 16.7 Å². The first kappa shape index (κ1) is 17.7. The van der Waals surface area contributed by atoms with E-state index in [1.54, 1.807) is 0 Å². The van der Waals surface area contributed by atoms with Crippen molar-refractivity contribution in [1.82, 2.24) is 9.97 Å². The number of nitrogens with two attached hydrogens (primary N) is 1. The number of benzene rings is 2. The van der Waals surface area contributed by atoms with Crippen molar-refractivity contribution in [3.8, 4) is 17.1 Å². The lowest BCUT2D eigenvalue weighted by Gasteiger charge is -2.33. The van der Waals surface area contributed by atoms with E-state index in [9.17, 15) is 9.50 Å². The fraction of sp³-hybridized carbons (Fsp3) is 0.333. The molecule has 0 radical (unpaired) electrons. The van der Waals surface area contributed by atoms with E-state index in [1.165, 1.54) is 12.1 Å². The summed E-state index contributed by atoms with van der Waals surface area (Å²) in [5.74, 6) is 0.931. The van der Waals surface area contributed by atoms with Crippen molar-refractivity contribution in [2.45, 2.75) is 19.8 Å². The Morgan fingerprint density at radius 2 is 2.07 bits per heavy atom. The molecule has 3 N–H and O–H groups in total. The van der Waals surface area contributed by atoms with Crippen LogP contribution in [0, 0.1) is 18.7 Å². The number of aromatic hydroxyl groups is 1. The van der Waals surface area contributed by atoms with Crippen LogP contribution < -0.4 is 10.6 Å². The van der Waals surface area contributed by atoms with Crippen LogP contribution in [0.15, 0.2) is 36.4 Å². The lowest BCUT2D eigenvalue weighted by Crippen LogP contribution is -2.39. The van der Waals surface area contributed by atoms with Crippen LogP contribution in [0.3, 0.4) is 0 Å². The summed E-state index contributed by atoms with van der Waals surface area (Å²) in [7, 11) is 0. The number of piperidine rings is 1. The van der Waals surface area contributed by atoms with Crippen LogP contribution in [-0.4, -0.2) is 34.7 Å². The molecule has 1 fully saturated rings. The van der Waals surface area contributed by atoms with E-state index < -0.39 is 5.82 Å². The smallest absolute Gasteiger partial charge is 0.165 e. The Labute approximate surface area is 157 Å². The van der Waals surface area contributed by atoms with Gasteiger partial charge in [0.15, 0.2) is 5.82 Å². The molecule has 1 aliphatic rings. The second-order valence-electron chi connectivity index (χ2n) is 7.25. The van der Waals surface area contributed by atoms with Gasteiger partial charge in [-0.2, -0.15) is 0 Å². The zero-order chi connectivity index (χ0) is 19.0. The topological polar surface area (TPSA) is 75.3 Å². The Kier molecular flexibility index (Phi) is 4.66. The molecule has 1 atom stereocenters. The Morgan fingerprint density at radius 1 is 1.22 bits per heavy atom. The summed E-state index contributed by atoms with van der Waals surface area (Å²) in [5, 5.41) is 10.5. The number of rotatable bonds is 3. The minimum atomic E-state index is -0.536. The predicted octanol–water partition coefficient (Wildman–Crippen LogP) is 3.63. The number of phenolic OH excluding ortho intramolecular Hbond substituents is 1. The van der Waals surface area contributed by atoms with Crippen LogP contribution in [-0.2, 0) is 0 Å². The molecule has 0 saturated carbocycles. The first-order valence-electron chi connectivity index (χ1n) is 9.27. The molecule has 1 aliphatic heterocycles. The number of nitrogens with zero attached hydrogens (tertiary/aromatic N) is 3. The fourth-order valence-electron chi connectivity index (χ4n) is 3.72. The zero-order valence-electron chi connectivity index (χ0n) is 15.3. The molecule has 0 bridgehead atoms. The monoisotopic (exact) mass is 366 g/mol. The SMILES string of the molecule is Cc1ccc2c(N3CCC[C@@H](CN)C3)nc(-c3ccc(O)cc3F)nc2c1. The summed E-state index contributed by atoms with van der Waals surface area (Å²) >= 11 is 0. The molecular formula is C21H23FN4O. The van der Waals surface area contributed by atoms with Gasteiger partial charge >= 0.3 is 0 Å². The van der Waals surface area contributed by atoms with Gasteiger partial charge in [0.25, 0.3) is 0 Å². The summed E-state index contributed by atoms with van der Waals surface area (Å²) < 4.78 is 14.4. The van der Waals surface area contributed by atoms with Gasteiger partial charge < -0.3 is 15.7 Å². The number of fused-ring (bicyclic) bond motifs is 1. The highest BCUT2D eigenvalue weighted by atomic mass is 19.1. The zero-order valence-corrected chi connectivity index (χ0v) is 15.3. The quantitative estimate of drug-likeness (QED) is 0.740. The maximum Gasteiger partial charge on any atom is 0.165 e. The average molecular weight is 366 g/mol. The number of aromatic nitrogens is 2. The van der Waals surface area contributed by atoms with Crippen molar-refractivity contribution < 1.29 is 9.50 Å². The molecule has 0 unspecified atom stereocenters. The summed E-state index contributed by atoms with van der Waals surface area (Å²) in [6.07, 6.45) is 2.18. The molecule has 140 valence electrons. The molecular weight excluding hydrogens is 343 g/mol. The lowest BCUT2D eigenvalue weighted by molar-refractivity contribution is 0.422. The number of phenols is 1. The summed E-state index contributed by atoms with van der Waals surface area (Å²) in [4.78, 5) is 11.6. The van der Waals surface area contributed by atoms with Gasteiger partial charge in [0.1, 0.15) is 17.4 Å². The van der Waals surface area contributed by atoms with E-state index in [0.29, 0.717) is 18.3 Å². The summed E-state index contributed by atoms with van der Waals surface area (Å²) in [6, 6.07) is 10.1. The lowest BCUT2D eigenvalue weighted by atomic mass is 9.98. The maximum absolute atomic E-state index is 14.4. The van der Waals surface area contributed by atoms with Crippen molar-refractivity contribution in [2.75, 3.05) is 24.5 Å². The van der Waals surface area contributed by atoms with E-state index in [2.05, 4.69) is 9.88 Å². The molecule has 1 aromatic heterocycles.